The van der Waals surface area contributed by atoms with Gasteiger partial charge in [-0.25, -0.2) is 0 Å². The molecule has 2 saturated heterocycles. The third-order valence-corrected chi connectivity index (χ3v) is 4.18. The lowest BCUT2D eigenvalue weighted by molar-refractivity contribution is -0.147. The standard InChI is InChI=1S/C15H21N3O2/c19-14(2-1-13-3-6-16-7-4-13)18-9-10-20-15(12-18)5-8-17-11-15/h3-4,6-7,17H,1-2,5,8-12H2. The zero-order valence-corrected chi connectivity index (χ0v) is 11.7. The number of nitrogens with zero attached hydrogens (tertiary/aromatic N) is 2. The van der Waals surface area contributed by atoms with Crippen molar-refractivity contribution in [3.8, 4) is 0 Å². The van der Waals surface area contributed by atoms with Crippen molar-refractivity contribution >= 4 is 5.91 Å². The SMILES string of the molecule is O=C(CCc1ccncc1)N1CCOC2(CCNC2)C1. The Bertz CT molecular complexity index is 457. The van der Waals surface area contributed by atoms with Gasteiger partial charge in [0.25, 0.3) is 0 Å². The molecule has 2 aliphatic heterocycles. The van der Waals surface area contributed by atoms with Gasteiger partial charge in [-0.15, -0.1) is 0 Å². The van der Waals surface area contributed by atoms with Crippen LogP contribution in [-0.4, -0.2) is 54.2 Å². The van der Waals surface area contributed by atoms with Gasteiger partial charge < -0.3 is 15.0 Å². The van der Waals surface area contributed by atoms with E-state index in [0.29, 0.717) is 13.0 Å². The van der Waals surface area contributed by atoms with E-state index in [9.17, 15) is 4.79 Å². The van der Waals surface area contributed by atoms with E-state index < -0.39 is 0 Å². The molecule has 1 N–H and O–H groups in total. The fraction of sp³-hybridized carbons (Fsp3) is 0.600. The van der Waals surface area contributed by atoms with Gasteiger partial charge in [-0.3, -0.25) is 9.78 Å². The molecule has 0 radical (unpaired) electrons. The molecule has 1 spiro atoms. The van der Waals surface area contributed by atoms with Gasteiger partial charge in [0.05, 0.1) is 18.8 Å². The second-order valence-corrected chi connectivity index (χ2v) is 5.63. The molecule has 0 aromatic carbocycles. The van der Waals surface area contributed by atoms with Crippen LogP contribution in [-0.2, 0) is 16.0 Å². The molecule has 3 heterocycles. The van der Waals surface area contributed by atoms with Crippen molar-refractivity contribution in [1.82, 2.24) is 15.2 Å². The summed E-state index contributed by atoms with van der Waals surface area (Å²) in [6.45, 7) is 3.95. The quantitative estimate of drug-likeness (QED) is 0.878. The predicted octanol–water partition coefficient (Wildman–Crippen LogP) is 0.605. The van der Waals surface area contributed by atoms with E-state index in [1.165, 1.54) is 5.56 Å². The van der Waals surface area contributed by atoms with E-state index in [1.807, 2.05) is 17.0 Å². The molecule has 20 heavy (non-hydrogen) atoms. The zero-order chi connectivity index (χ0) is 13.8. The lowest BCUT2D eigenvalue weighted by atomic mass is 10.00. The van der Waals surface area contributed by atoms with Crippen molar-refractivity contribution in [3.05, 3.63) is 30.1 Å². The normalized spacial score (nSPS) is 26.1. The van der Waals surface area contributed by atoms with Gasteiger partial charge in [0.1, 0.15) is 0 Å². The van der Waals surface area contributed by atoms with Crippen molar-refractivity contribution in [2.45, 2.75) is 24.9 Å². The predicted molar refractivity (Wildman–Crippen MR) is 75.3 cm³/mol. The lowest BCUT2D eigenvalue weighted by Gasteiger charge is -2.40. The monoisotopic (exact) mass is 275 g/mol. The molecule has 2 fully saturated rings. The Morgan fingerprint density at radius 1 is 1.45 bits per heavy atom. The van der Waals surface area contributed by atoms with Crippen molar-refractivity contribution in [3.63, 3.8) is 0 Å². The Morgan fingerprint density at radius 2 is 2.30 bits per heavy atom. The number of hydrogen-bond acceptors (Lipinski definition) is 4. The smallest absolute Gasteiger partial charge is 0.223 e. The lowest BCUT2D eigenvalue weighted by Crippen LogP contribution is -2.54. The fourth-order valence-electron chi connectivity index (χ4n) is 3.00. The van der Waals surface area contributed by atoms with Gasteiger partial charge >= 0.3 is 0 Å². The van der Waals surface area contributed by atoms with Gasteiger partial charge in [0.2, 0.25) is 5.91 Å². The first kappa shape index (κ1) is 13.5. The number of aromatic nitrogens is 1. The molecule has 1 atom stereocenters. The Morgan fingerprint density at radius 3 is 3.05 bits per heavy atom. The van der Waals surface area contributed by atoms with Crippen molar-refractivity contribution in [1.29, 1.82) is 0 Å². The van der Waals surface area contributed by atoms with Gasteiger partial charge in [-0.1, -0.05) is 0 Å². The highest BCUT2D eigenvalue weighted by Crippen LogP contribution is 2.25. The number of carbonyl (C=O) groups excluding carboxylic acids is 1. The van der Waals surface area contributed by atoms with Gasteiger partial charge in [-0.2, -0.15) is 0 Å². The summed E-state index contributed by atoms with van der Waals surface area (Å²) in [5.74, 6) is 0.233. The highest BCUT2D eigenvalue weighted by molar-refractivity contribution is 5.76. The molecule has 108 valence electrons. The molecular weight excluding hydrogens is 254 g/mol. The second kappa shape index (κ2) is 5.89. The third-order valence-electron chi connectivity index (χ3n) is 4.18. The summed E-state index contributed by atoms with van der Waals surface area (Å²) in [5.41, 5.74) is 1.03. The zero-order valence-electron chi connectivity index (χ0n) is 11.7. The molecule has 1 aromatic rings. The van der Waals surface area contributed by atoms with E-state index in [2.05, 4.69) is 10.3 Å². The van der Waals surface area contributed by atoms with Crippen LogP contribution in [0.4, 0.5) is 0 Å². The summed E-state index contributed by atoms with van der Waals surface area (Å²) in [7, 11) is 0. The number of nitrogens with one attached hydrogen (secondary N) is 1. The number of carbonyl (C=O) groups is 1. The van der Waals surface area contributed by atoms with Crippen LogP contribution < -0.4 is 5.32 Å². The van der Waals surface area contributed by atoms with E-state index >= 15 is 0 Å². The minimum absolute atomic E-state index is 0.134. The minimum Gasteiger partial charge on any atom is -0.370 e. The summed E-state index contributed by atoms with van der Waals surface area (Å²) in [6, 6.07) is 3.93. The minimum atomic E-state index is -0.134. The molecule has 0 bridgehead atoms. The van der Waals surface area contributed by atoms with Crippen LogP contribution in [0.3, 0.4) is 0 Å². The van der Waals surface area contributed by atoms with Crippen LogP contribution in [0.5, 0.6) is 0 Å². The van der Waals surface area contributed by atoms with Crippen LogP contribution in [0.15, 0.2) is 24.5 Å². The molecule has 1 unspecified atom stereocenters. The Labute approximate surface area is 119 Å². The Kier molecular flexibility index (Phi) is 3.98. The van der Waals surface area contributed by atoms with E-state index in [-0.39, 0.29) is 11.5 Å². The van der Waals surface area contributed by atoms with Gasteiger partial charge in [0.15, 0.2) is 0 Å². The van der Waals surface area contributed by atoms with Crippen LogP contribution in [0.1, 0.15) is 18.4 Å². The van der Waals surface area contributed by atoms with E-state index in [4.69, 9.17) is 4.74 Å². The molecule has 0 saturated carbocycles. The van der Waals surface area contributed by atoms with Crippen molar-refractivity contribution in [2.75, 3.05) is 32.8 Å². The maximum atomic E-state index is 12.3. The molecule has 5 nitrogen and oxygen atoms in total. The summed E-state index contributed by atoms with van der Waals surface area (Å²) in [4.78, 5) is 18.3. The van der Waals surface area contributed by atoms with Crippen LogP contribution >= 0.6 is 0 Å². The van der Waals surface area contributed by atoms with Crippen molar-refractivity contribution < 1.29 is 9.53 Å². The number of hydrogen-bond donors (Lipinski definition) is 1. The average Bonchev–Trinajstić information content (AvgIpc) is 2.93. The van der Waals surface area contributed by atoms with Crippen LogP contribution in [0.25, 0.3) is 0 Å². The first-order chi connectivity index (χ1) is 9.77. The molecule has 3 rings (SSSR count). The number of amides is 1. The van der Waals surface area contributed by atoms with Crippen molar-refractivity contribution in [2.24, 2.45) is 0 Å². The first-order valence-electron chi connectivity index (χ1n) is 7.29. The maximum absolute atomic E-state index is 12.3. The maximum Gasteiger partial charge on any atom is 0.223 e. The van der Waals surface area contributed by atoms with E-state index in [1.54, 1.807) is 12.4 Å². The highest BCUT2D eigenvalue weighted by atomic mass is 16.5. The number of morpholine rings is 1. The van der Waals surface area contributed by atoms with Crippen LogP contribution in [0.2, 0.25) is 0 Å². The number of rotatable bonds is 3. The summed E-state index contributed by atoms with van der Waals surface area (Å²) in [6.07, 6.45) is 5.89. The highest BCUT2D eigenvalue weighted by Gasteiger charge is 2.40. The first-order valence-corrected chi connectivity index (χ1v) is 7.29. The molecular formula is C15H21N3O2. The number of pyridine rings is 1. The summed E-state index contributed by atoms with van der Waals surface area (Å²) < 4.78 is 5.90. The molecule has 1 aromatic heterocycles. The largest absolute Gasteiger partial charge is 0.370 e. The third kappa shape index (κ3) is 2.99. The van der Waals surface area contributed by atoms with E-state index in [0.717, 1.165) is 39.0 Å². The second-order valence-electron chi connectivity index (χ2n) is 5.63. The summed E-state index contributed by atoms with van der Waals surface area (Å²) in [5, 5.41) is 3.33. The number of ether oxygens (including phenoxy) is 1. The average molecular weight is 275 g/mol. The Balaban J connectivity index is 1.54. The summed E-state index contributed by atoms with van der Waals surface area (Å²) >= 11 is 0. The van der Waals surface area contributed by atoms with Gasteiger partial charge in [-0.05, 0) is 37.1 Å². The fourth-order valence-corrected chi connectivity index (χ4v) is 3.00. The molecule has 0 aliphatic carbocycles. The van der Waals surface area contributed by atoms with Crippen LogP contribution in [0, 0.1) is 0 Å². The number of aryl methyl sites for hydroxylation is 1. The molecule has 2 aliphatic rings. The Hall–Kier alpha value is -1.46. The van der Waals surface area contributed by atoms with Gasteiger partial charge in [0, 0.05) is 31.9 Å². The topological polar surface area (TPSA) is 54.5 Å². The molecule has 5 heteroatoms. The molecule has 1 amide bonds.